The Balaban J connectivity index is 2.17. The Morgan fingerprint density at radius 1 is 1.24 bits per heavy atom. The molecular formula is C15H23N5O. The number of nitrogens with two attached hydrogens (primary N) is 1. The highest BCUT2D eigenvalue weighted by Gasteiger charge is 2.20. The van der Waals surface area contributed by atoms with Crippen molar-refractivity contribution in [3.8, 4) is 0 Å². The van der Waals surface area contributed by atoms with Crippen LogP contribution in [0, 0.1) is 6.92 Å². The Bertz CT molecular complexity index is 587. The summed E-state index contributed by atoms with van der Waals surface area (Å²) in [6.07, 6.45) is 2.48. The van der Waals surface area contributed by atoms with Gasteiger partial charge in [0, 0.05) is 23.9 Å². The molecule has 6 nitrogen and oxygen atoms in total. The predicted octanol–water partition coefficient (Wildman–Crippen LogP) is 2.62. The lowest BCUT2D eigenvalue weighted by atomic mass is 9.95. The molecule has 0 aliphatic rings. The van der Waals surface area contributed by atoms with Gasteiger partial charge in [-0.3, -0.25) is 0 Å². The molecule has 2 rings (SSSR count). The minimum atomic E-state index is -0.142. The van der Waals surface area contributed by atoms with E-state index in [1.165, 1.54) is 0 Å². The highest BCUT2D eigenvalue weighted by atomic mass is 16.3. The van der Waals surface area contributed by atoms with E-state index in [-0.39, 0.29) is 5.41 Å². The van der Waals surface area contributed by atoms with Crippen LogP contribution in [0.1, 0.15) is 37.9 Å². The van der Waals surface area contributed by atoms with Crippen molar-refractivity contribution in [2.75, 3.05) is 17.3 Å². The predicted molar refractivity (Wildman–Crippen MR) is 84.2 cm³/mol. The van der Waals surface area contributed by atoms with Crippen LogP contribution in [0.3, 0.4) is 0 Å². The maximum absolute atomic E-state index is 5.55. The first-order valence-electron chi connectivity index (χ1n) is 7.04. The van der Waals surface area contributed by atoms with Gasteiger partial charge in [0.2, 0.25) is 0 Å². The minimum Gasteiger partial charge on any atom is -0.469 e. The van der Waals surface area contributed by atoms with Crippen molar-refractivity contribution in [2.45, 2.75) is 39.5 Å². The Hall–Kier alpha value is -2.08. The van der Waals surface area contributed by atoms with Crippen LogP contribution in [0.5, 0.6) is 0 Å². The number of hydrogen-bond donors (Lipinski definition) is 3. The molecule has 2 aromatic heterocycles. The molecule has 0 saturated heterocycles. The fourth-order valence-corrected chi connectivity index (χ4v) is 1.92. The molecule has 0 saturated carbocycles. The van der Waals surface area contributed by atoms with E-state index < -0.39 is 0 Å². The SMILES string of the molecule is Cc1c(NN)nc(C(C)(C)C)nc1NCCc1ccco1. The number of nitrogens with one attached hydrogen (secondary N) is 2. The summed E-state index contributed by atoms with van der Waals surface area (Å²) in [5.74, 6) is 8.70. The lowest BCUT2D eigenvalue weighted by Gasteiger charge is -2.20. The number of nitrogens with zero attached hydrogens (tertiary/aromatic N) is 2. The van der Waals surface area contributed by atoms with Crippen LogP contribution in [0.2, 0.25) is 0 Å². The summed E-state index contributed by atoms with van der Waals surface area (Å²) in [5.41, 5.74) is 3.41. The van der Waals surface area contributed by atoms with Crippen molar-refractivity contribution in [3.63, 3.8) is 0 Å². The summed E-state index contributed by atoms with van der Waals surface area (Å²) in [6.45, 7) is 8.90. The summed E-state index contributed by atoms with van der Waals surface area (Å²) in [5, 5.41) is 3.33. The van der Waals surface area contributed by atoms with E-state index in [1.54, 1.807) is 6.26 Å². The summed E-state index contributed by atoms with van der Waals surface area (Å²) >= 11 is 0. The monoisotopic (exact) mass is 289 g/mol. The second-order valence-corrected chi connectivity index (χ2v) is 6.02. The number of hydrogen-bond acceptors (Lipinski definition) is 6. The number of hydrazine groups is 1. The molecule has 6 heteroatoms. The third-order valence-electron chi connectivity index (χ3n) is 3.20. The van der Waals surface area contributed by atoms with Gasteiger partial charge in [-0.25, -0.2) is 15.8 Å². The minimum absolute atomic E-state index is 0.142. The van der Waals surface area contributed by atoms with Gasteiger partial charge in [-0.05, 0) is 19.1 Å². The summed E-state index contributed by atoms with van der Waals surface area (Å²) < 4.78 is 5.32. The van der Waals surface area contributed by atoms with Crippen LogP contribution < -0.4 is 16.6 Å². The van der Waals surface area contributed by atoms with E-state index in [0.29, 0.717) is 5.82 Å². The Morgan fingerprint density at radius 3 is 2.52 bits per heavy atom. The zero-order valence-electron chi connectivity index (χ0n) is 13.0. The Kier molecular flexibility index (Phi) is 4.47. The maximum atomic E-state index is 5.55. The van der Waals surface area contributed by atoms with Crippen molar-refractivity contribution in [3.05, 3.63) is 35.5 Å². The van der Waals surface area contributed by atoms with E-state index in [1.807, 2.05) is 19.1 Å². The van der Waals surface area contributed by atoms with Gasteiger partial charge in [0.1, 0.15) is 23.2 Å². The van der Waals surface area contributed by atoms with E-state index in [0.717, 1.165) is 35.9 Å². The first-order chi connectivity index (χ1) is 9.91. The molecule has 0 bridgehead atoms. The third-order valence-corrected chi connectivity index (χ3v) is 3.20. The van der Waals surface area contributed by atoms with Crippen molar-refractivity contribution < 1.29 is 4.42 Å². The standard InChI is InChI=1S/C15H23N5O/c1-10-12(17-8-7-11-6-5-9-21-11)18-14(15(2,3)4)19-13(10)20-16/h5-6,9H,7-8,16H2,1-4H3,(H2,17,18,19,20). The number of rotatable bonds is 5. The fraction of sp³-hybridized carbons (Fsp3) is 0.467. The molecule has 0 amide bonds. The maximum Gasteiger partial charge on any atom is 0.148 e. The number of furan rings is 1. The normalized spacial score (nSPS) is 11.5. The molecule has 0 aliphatic heterocycles. The number of nitrogen functional groups attached to an aromatic ring is 1. The van der Waals surface area contributed by atoms with Gasteiger partial charge in [0.05, 0.1) is 6.26 Å². The average molecular weight is 289 g/mol. The fourth-order valence-electron chi connectivity index (χ4n) is 1.92. The number of aromatic nitrogens is 2. The molecule has 0 fully saturated rings. The second kappa shape index (κ2) is 6.13. The molecule has 4 N–H and O–H groups in total. The quantitative estimate of drug-likeness (QED) is 0.579. The molecule has 0 aromatic carbocycles. The smallest absolute Gasteiger partial charge is 0.148 e. The van der Waals surface area contributed by atoms with Crippen molar-refractivity contribution in [1.82, 2.24) is 9.97 Å². The van der Waals surface area contributed by atoms with Crippen molar-refractivity contribution >= 4 is 11.6 Å². The van der Waals surface area contributed by atoms with Crippen LogP contribution >= 0.6 is 0 Å². The molecule has 0 aliphatic carbocycles. The molecule has 21 heavy (non-hydrogen) atoms. The molecule has 0 radical (unpaired) electrons. The molecule has 0 spiro atoms. The van der Waals surface area contributed by atoms with Crippen LogP contribution in [-0.2, 0) is 11.8 Å². The van der Waals surface area contributed by atoms with Gasteiger partial charge in [0.25, 0.3) is 0 Å². The molecule has 0 atom stereocenters. The summed E-state index contributed by atoms with van der Waals surface area (Å²) in [6, 6.07) is 3.85. The van der Waals surface area contributed by atoms with Gasteiger partial charge >= 0.3 is 0 Å². The van der Waals surface area contributed by atoms with Crippen LogP contribution in [0.25, 0.3) is 0 Å². The second-order valence-electron chi connectivity index (χ2n) is 6.02. The summed E-state index contributed by atoms with van der Waals surface area (Å²) in [4.78, 5) is 9.10. The van der Waals surface area contributed by atoms with Crippen LogP contribution in [0.15, 0.2) is 22.8 Å². The lowest BCUT2D eigenvalue weighted by molar-refractivity contribution is 0.512. The topological polar surface area (TPSA) is 89.0 Å². The Morgan fingerprint density at radius 2 is 1.95 bits per heavy atom. The first-order valence-corrected chi connectivity index (χ1v) is 7.04. The van der Waals surface area contributed by atoms with Crippen LogP contribution in [0.4, 0.5) is 11.6 Å². The Labute approximate surface area is 125 Å². The van der Waals surface area contributed by atoms with E-state index >= 15 is 0 Å². The third kappa shape index (κ3) is 3.72. The van der Waals surface area contributed by atoms with E-state index in [4.69, 9.17) is 10.3 Å². The lowest BCUT2D eigenvalue weighted by Crippen LogP contribution is -2.21. The van der Waals surface area contributed by atoms with Gasteiger partial charge in [-0.1, -0.05) is 20.8 Å². The van der Waals surface area contributed by atoms with E-state index in [9.17, 15) is 0 Å². The van der Waals surface area contributed by atoms with Crippen molar-refractivity contribution in [1.29, 1.82) is 0 Å². The highest BCUT2D eigenvalue weighted by molar-refractivity contribution is 5.57. The number of anilines is 2. The largest absolute Gasteiger partial charge is 0.469 e. The van der Waals surface area contributed by atoms with Crippen molar-refractivity contribution in [2.24, 2.45) is 5.84 Å². The summed E-state index contributed by atoms with van der Waals surface area (Å²) in [7, 11) is 0. The molecule has 0 unspecified atom stereocenters. The molecule has 2 heterocycles. The highest BCUT2D eigenvalue weighted by Crippen LogP contribution is 2.25. The van der Waals surface area contributed by atoms with Crippen LogP contribution in [-0.4, -0.2) is 16.5 Å². The van der Waals surface area contributed by atoms with Gasteiger partial charge < -0.3 is 15.2 Å². The molecular weight excluding hydrogens is 266 g/mol. The first kappa shape index (κ1) is 15.3. The van der Waals surface area contributed by atoms with Gasteiger partial charge in [-0.2, -0.15) is 0 Å². The zero-order chi connectivity index (χ0) is 15.5. The van der Waals surface area contributed by atoms with Gasteiger partial charge in [-0.15, -0.1) is 0 Å². The molecule has 114 valence electrons. The van der Waals surface area contributed by atoms with E-state index in [2.05, 4.69) is 41.5 Å². The molecule has 2 aromatic rings. The zero-order valence-corrected chi connectivity index (χ0v) is 13.0. The average Bonchev–Trinajstić information content (AvgIpc) is 2.92. The van der Waals surface area contributed by atoms with Gasteiger partial charge in [0.15, 0.2) is 0 Å².